The number of rotatable bonds is 4. The smallest absolute Gasteiger partial charge is 0.409 e. The maximum Gasteiger partial charge on any atom is 0.409 e. The lowest BCUT2D eigenvalue weighted by atomic mass is 9.89. The van der Waals surface area contributed by atoms with Gasteiger partial charge < -0.3 is 19.9 Å². The Morgan fingerprint density at radius 3 is 2.68 bits per heavy atom. The van der Waals surface area contributed by atoms with Crippen molar-refractivity contribution in [3.63, 3.8) is 0 Å². The van der Waals surface area contributed by atoms with E-state index in [1.165, 1.54) is 10.9 Å². The highest BCUT2D eigenvalue weighted by molar-refractivity contribution is 6.30. The lowest BCUT2D eigenvalue weighted by Gasteiger charge is -2.31. The molecule has 0 bridgehead atoms. The van der Waals surface area contributed by atoms with Gasteiger partial charge in [-0.3, -0.25) is 4.98 Å². The topological polar surface area (TPSA) is 73.4 Å². The van der Waals surface area contributed by atoms with Crippen LogP contribution in [-0.4, -0.2) is 46.8 Å². The Kier molecular flexibility index (Phi) is 5.50. The van der Waals surface area contributed by atoms with Crippen molar-refractivity contribution in [2.24, 2.45) is 5.73 Å². The summed E-state index contributed by atoms with van der Waals surface area (Å²) in [4.78, 5) is 18.1. The van der Waals surface area contributed by atoms with E-state index in [0.717, 1.165) is 24.0 Å². The van der Waals surface area contributed by atoms with Crippen LogP contribution >= 0.6 is 11.6 Å². The average molecular weight is 399 g/mol. The van der Waals surface area contributed by atoms with E-state index in [-0.39, 0.29) is 12.7 Å². The predicted octanol–water partition coefficient (Wildman–Crippen LogP) is 3.95. The molecule has 0 radical (unpaired) electrons. The molecule has 7 heteroatoms. The largest absolute Gasteiger partial charge is 0.448 e. The zero-order chi connectivity index (χ0) is 19.5. The molecule has 2 aromatic heterocycles. The zero-order valence-electron chi connectivity index (χ0n) is 15.6. The van der Waals surface area contributed by atoms with Crippen molar-refractivity contribution in [3.05, 3.63) is 59.5 Å². The third-order valence-electron chi connectivity index (χ3n) is 5.28. The molecule has 1 amide bonds. The van der Waals surface area contributed by atoms with Gasteiger partial charge in [-0.15, -0.1) is 0 Å². The summed E-state index contributed by atoms with van der Waals surface area (Å²) in [5, 5.41) is 1.92. The normalized spacial score (nSPS) is 15.1. The third kappa shape index (κ3) is 3.70. The monoisotopic (exact) mass is 398 g/mol. The van der Waals surface area contributed by atoms with E-state index in [1.54, 1.807) is 4.90 Å². The molecule has 2 N–H and O–H groups in total. The molecule has 1 aromatic carbocycles. The van der Waals surface area contributed by atoms with Crippen LogP contribution in [0.4, 0.5) is 4.79 Å². The molecule has 0 aliphatic carbocycles. The van der Waals surface area contributed by atoms with Crippen molar-refractivity contribution < 1.29 is 9.53 Å². The summed E-state index contributed by atoms with van der Waals surface area (Å²) in [7, 11) is 0. The number of aromatic nitrogens is 2. The lowest BCUT2D eigenvalue weighted by molar-refractivity contribution is 0.0951. The van der Waals surface area contributed by atoms with Crippen molar-refractivity contribution >= 4 is 28.6 Å². The summed E-state index contributed by atoms with van der Waals surface area (Å²) in [5.74, 6) is 0.386. The molecule has 146 valence electrons. The van der Waals surface area contributed by atoms with Crippen LogP contribution in [0.5, 0.6) is 0 Å². The van der Waals surface area contributed by atoms with Gasteiger partial charge in [-0.25, -0.2) is 4.79 Å². The number of piperidine rings is 1. The van der Waals surface area contributed by atoms with E-state index in [1.807, 2.05) is 36.7 Å². The number of carbonyl (C=O) groups excluding carboxylic acids is 1. The summed E-state index contributed by atoms with van der Waals surface area (Å²) in [5.41, 5.74) is 8.83. The molecule has 0 atom stereocenters. The molecule has 0 unspecified atom stereocenters. The van der Waals surface area contributed by atoms with Crippen molar-refractivity contribution in [2.75, 3.05) is 26.2 Å². The van der Waals surface area contributed by atoms with Crippen LogP contribution < -0.4 is 5.73 Å². The second-order valence-electron chi connectivity index (χ2n) is 6.99. The van der Waals surface area contributed by atoms with Gasteiger partial charge in [0.05, 0.1) is 11.7 Å². The van der Waals surface area contributed by atoms with E-state index in [0.29, 0.717) is 30.6 Å². The number of fused-ring (bicyclic) bond motifs is 1. The minimum atomic E-state index is -0.267. The standard InChI is InChI=1S/C21H23ClN4O2/c22-16-1-3-17(4-2-16)26-14-19(18-5-9-24-13-20(18)26)15-6-10-25(11-7-15)21(27)28-12-8-23/h1-5,9,13-15H,6-8,10-12,23H2. The second-order valence-corrected chi connectivity index (χ2v) is 7.42. The highest BCUT2D eigenvalue weighted by atomic mass is 35.5. The Bertz CT molecular complexity index is 962. The molecule has 3 heterocycles. The molecule has 1 saturated heterocycles. The average Bonchev–Trinajstić information content (AvgIpc) is 3.12. The Labute approximate surface area is 168 Å². The fraction of sp³-hybridized carbons (Fsp3) is 0.333. The van der Waals surface area contributed by atoms with Crippen molar-refractivity contribution in [1.82, 2.24) is 14.5 Å². The summed E-state index contributed by atoms with van der Waals surface area (Å²) in [6.07, 6.45) is 7.46. The highest BCUT2D eigenvalue weighted by Crippen LogP contribution is 2.35. The van der Waals surface area contributed by atoms with Gasteiger partial charge in [0.25, 0.3) is 0 Å². The van der Waals surface area contributed by atoms with Crippen molar-refractivity contribution in [1.29, 1.82) is 0 Å². The molecule has 1 fully saturated rings. The van der Waals surface area contributed by atoms with Gasteiger partial charge in [-0.1, -0.05) is 11.6 Å². The number of hydrogen-bond acceptors (Lipinski definition) is 4. The van der Waals surface area contributed by atoms with Crippen LogP contribution in [0.2, 0.25) is 5.02 Å². The minimum Gasteiger partial charge on any atom is -0.448 e. The molecular formula is C21H23ClN4O2. The van der Waals surface area contributed by atoms with Gasteiger partial charge >= 0.3 is 6.09 Å². The number of carbonyl (C=O) groups is 1. The number of hydrogen-bond donors (Lipinski definition) is 1. The van der Waals surface area contributed by atoms with Gasteiger partial charge in [-0.05, 0) is 54.7 Å². The summed E-state index contributed by atoms with van der Waals surface area (Å²) >= 11 is 6.04. The zero-order valence-corrected chi connectivity index (χ0v) is 16.3. The Balaban J connectivity index is 1.58. The summed E-state index contributed by atoms with van der Waals surface area (Å²) in [6, 6.07) is 9.87. The first kappa shape index (κ1) is 18.8. The molecule has 0 spiro atoms. The highest BCUT2D eigenvalue weighted by Gasteiger charge is 2.27. The fourth-order valence-corrected chi connectivity index (χ4v) is 3.98. The SMILES string of the molecule is NCCOC(=O)N1CCC(c2cn(-c3ccc(Cl)cc3)c3cnccc23)CC1. The molecule has 4 rings (SSSR count). The van der Waals surface area contributed by atoms with Gasteiger partial charge in [-0.2, -0.15) is 0 Å². The Morgan fingerprint density at radius 2 is 1.96 bits per heavy atom. The number of benzene rings is 1. The van der Waals surface area contributed by atoms with Crippen LogP contribution in [0.25, 0.3) is 16.6 Å². The van der Waals surface area contributed by atoms with Gasteiger partial charge in [0.15, 0.2) is 0 Å². The number of nitrogens with two attached hydrogens (primary N) is 1. The van der Waals surface area contributed by atoms with Crippen LogP contribution in [-0.2, 0) is 4.74 Å². The lowest BCUT2D eigenvalue weighted by Crippen LogP contribution is -2.38. The number of amides is 1. The first-order chi connectivity index (χ1) is 13.7. The Hall–Kier alpha value is -2.57. The molecular weight excluding hydrogens is 376 g/mol. The number of halogens is 1. The fourth-order valence-electron chi connectivity index (χ4n) is 3.85. The second kappa shape index (κ2) is 8.20. The van der Waals surface area contributed by atoms with Gasteiger partial charge in [0.1, 0.15) is 6.61 Å². The number of likely N-dealkylation sites (tertiary alicyclic amines) is 1. The van der Waals surface area contributed by atoms with E-state index < -0.39 is 0 Å². The Morgan fingerprint density at radius 1 is 1.21 bits per heavy atom. The maximum absolute atomic E-state index is 12.1. The summed E-state index contributed by atoms with van der Waals surface area (Å²) in [6.45, 7) is 1.99. The van der Waals surface area contributed by atoms with Crippen LogP contribution in [0, 0.1) is 0 Å². The number of pyridine rings is 1. The summed E-state index contributed by atoms with van der Waals surface area (Å²) < 4.78 is 7.31. The van der Waals surface area contributed by atoms with Crippen LogP contribution in [0.3, 0.4) is 0 Å². The molecule has 6 nitrogen and oxygen atoms in total. The first-order valence-electron chi connectivity index (χ1n) is 9.50. The van der Waals surface area contributed by atoms with E-state index in [2.05, 4.69) is 21.8 Å². The van der Waals surface area contributed by atoms with E-state index in [9.17, 15) is 4.79 Å². The molecule has 0 saturated carbocycles. The van der Waals surface area contributed by atoms with Crippen LogP contribution in [0.1, 0.15) is 24.3 Å². The maximum atomic E-state index is 12.1. The van der Waals surface area contributed by atoms with E-state index >= 15 is 0 Å². The third-order valence-corrected chi connectivity index (χ3v) is 5.53. The quantitative estimate of drug-likeness (QED) is 0.722. The predicted molar refractivity (Wildman–Crippen MR) is 110 cm³/mol. The molecule has 3 aromatic rings. The van der Waals surface area contributed by atoms with Gasteiger partial charge in [0.2, 0.25) is 0 Å². The van der Waals surface area contributed by atoms with Crippen molar-refractivity contribution in [3.8, 4) is 5.69 Å². The number of ether oxygens (including phenoxy) is 1. The number of nitrogens with zero attached hydrogens (tertiary/aromatic N) is 3. The van der Waals surface area contributed by atoms with Gasteiger partial charge in [0, 0.05) is 48.1 Å². The molecule has 28 heavy (non-hydrogen) atoms. The molecule has 1 aliphatic heterocycles. The minimum absolute atomic E-state index is 0.264. The van der Waals surface area contributed by atoms with Crippen molar-refractivity contribution in [2.45, 2.75) is 18.8 Å². The van der Waals surface area contributed by atoms with E-state index in [4.69, 9.17) is 22.1 Å². The molecule has 1 aliphatic rings. The van der Waals surface area contributed by atoms with Crippen LogP contribution in [0.15, 0.2) is 48.9 Å². The first-order valence-corrected chi connectivity index (χ1v) is 9.88.